The van der Waals surface area contributed by atoms with E-state index in [4.69, 9.17) is 5.11 Å². The second-order valence-electron chi connectivity index (χ2n) is 5.23. The summed E-state index contributed by atoms with van der Waals surface area (Å²) in [7, 11) is 0. The zero-order chi connectivity index (χ0) is 14.4. The Morgan fingerprint density at radius 1 is 1.35 bits per heavy atom. The Kier molecular flexibility index (Phi) is 5.73. The molecule has 110 valence electrons. The lowest BCUT2D eigenvalue weighted by Gasteiger charge is -2.27. The molecule has 2 rings (SSSR count). The first kappa shape index (κ1) is 15.2. The highest BCUT2D eigenvalue weighted by Gasteiger charge is 2.21. The monoisotopic (exact) mass is 294 g/mol. The van der Waals surface area contributed by atoms with Gasteiger partial charge in [0.25, 0.3) is 0 Å². The van der Waals surface area contributed by atoms with Crippen LogP contribution in [0.15, 0.2) is 29.2 Å². The maximum atomic E-state index is 12.0. The smallest absolute Gasteiger partial charge is 0.319 e. The number of benzene rings is 1. The van der Waals surface area contributed by atoms with Crippen LogP contribution in [0.4, 0.5) is 10.5 Å². The molecule has 0 spiro atoms. The highest BCUT2D eigenvalue weighted by molar-refractivity contribution is 7.98. The molecule has 1 aliphatic rings. The van der Waals surface area contributed by atoms with E-state index < -0.39 is 0 Å². The molecule has 20 heavy (non-hydrogen) atoms. The summed E-state index contributed by atoms with van der Waals surface area (Å²) in [5.41, 5.74) is 0.818. The van der Waals surface area contributed by atoms with Gasteiger partial charge in [0, 0.05) is 23.2 Å². The first-order chi connectivity index (χ1) is 9.71. The van der Waals surface area contributed by atoms with E-state index in [-0.39, 0.29) is 18.7 Å². The number of urea groups is 1. The average Bonchev–Trinajstić information content (AvgIpc) is 2.48. The van der Waals surface area contributed by atoms with Gasteiger partial charge in [0.15, 0.2) is 0 Å². The van der Waals surface area contributed by atoms with Gasteiger partial charge >= 0.3 is 6.03 Å². The highest BCUT2D eigenvalue weighted by atomic mass is 32.2. The molecule has 0 atom stereocenters. The van der Waals surface area contributed by atoms with Gasteiger partial charge in [-0.05, 0) is 56.1 Å². The van der Waals surface area contributed by atoms with E-state index in [1.807, 2.05) is 30.5 Å². The molecule has 0 bridgehead atoms. The minimum atomic E-state index is -0.143. The molecule has 1 saturated carbocycles. The van der Waals surface area contributed by atoms with Crippen LogP contribution < -0.4 is 10.6 Å². The van der Waals surface area contributed by atoms with Crippen LogP contribution >= 0.6 is 11.8 Å². The van der Waals surface area contributed by atoms with Crippen molar-refractivity contribution in [2.75, 3.05) is 18.2 Å². The first-order valence-corrected chi connectivity index (χ1v) is 8.26. The summed E-state index contributed by atoms with van der Waals surface area (Å²) < 4.78 is 0. The minimum Gasteiger partial charge on any atom is -0.396 e. The number of hydrogen-bond acceptors (Lipinski definition) is 3. The number of hydrogen-bond donors (Lipinski definition) is 3. The lowest BCUT2D eigenvalue weighted by Crippen LogP contribution is -2.40. The summed E-state index contributed by atoms with van der Waals surface area (Å²) in [6.45, 7) is 0.264. The summed E-state index contributed by atoms with van der Waals surface area (Å²) in [4.78, 5) is 13.1. The number of aliphatic hydroxyl groups excluding tert-OH is 1. The highest BCUT2D eigenvalue weighted by Crippen LogP contribution is 2.24. The van der Waals surface area contributed by atoms with Gasteiger partial charge in [-0.2, -0.15) is 0 Å². The Hall–Kier alpha value is -1.20. The van der Waals surface area contributed by atoms with Crippen LogP contribution in [-0.4, -0.2) is 30.0 Å². The number of carbonyl (C=O) groups is 1. The SMILES string of the molecule is CSc1cccc(NC(=O)NC2CCC(CO)CC2)c1. The Morgan fingerprint density at radius 3 is 2.75 bits per heavy atom. The molecular formula is C15H22N2O2S. The Morgan fingerprint density at radius 2 is 2.10 bits per heavy atom. The predicted molar refractivity (Wildman–Crippen MR) is 83.2 cm³/mol. The van der Waals surface area contributed by atoms with E-state index in [1.54, 1.807) is 11.8 Å². The fourth-order valence-corrected chi connectivity index (χ4v) is 3.00. The number of thioether (sulfide) groups is 1. The van der Waals surface area contributed by atoms with E-state index in [9.17, 15) is 4.79 Å². The maximum absolute atomic E-state index is 12.0. The lowest BCUT2D eigenvalue weighted by atomic mass is 9.87. The molecule has 5 heteroatoms. The zero-order valence-corrected chi connectivity index (χ0v) is 12.6. The molecule has 0 aliphatic heterocycles. The molecule has 0 saturated heterocycles. The Labute approximate surface area is 124 Å². The molecule has 0 heterocycles. The van der Waals surface area contributed by atoms with E-state index in [1.165, 1.54) is 0 Å². The molecule has 0 unspecified atom stereocenters. The van der Waals surface area contributed by atoms with E-state index >= 15 is 0 Å². The van der Waals surface area contributed by atoms with Crippen LogP contribution in [0.1, 0.15) is 25.7 Å². The third kappa shape index (κ3) is 4.42. The van der Waals surface area contributed by atoms with Crippen molar-refractivity contribution in [3.05, 3.63) is 24.3 Å². The summed E-state index contributed by atoms with van der Waals surface area (Å²) in [6, 6.07) is 7.89. The molecule has 0 aromatic heterocycles. The van der Waals surface area contributed by atoms with Crippen LogP contribution in [0.25, 0.3) is 0 Å². The topological polar surface area (TPSA) is 61.4 Å². The molecular weight excluding hydrogens is 272 g/mol. The fourth-order valence-electron chi connectivity index (χ4n) is 2.54. The van der Waals surface area contributed by atoms with Crippen molar-refractivity contribution in [2.24, 2.45) is 5.92 Å². The summed E-state index contributed by atoms with van der Waals surface area (Å²) in [5.74, 6) is 0.411. The lowest BCUT2D eigenvalue weighted by molar-refractivity contribution is 0.176. The number of anilines is 1. The van der Waals surface area contributed by atoms with Gasteiger partial charge < -0.3 is 15.7 Å². The minimum absolute atomic E-state index is 0.143. The van der Waals surface area contributed by atoms with Crippen molar-refractivity contribution in [2.45, 2.75) is 36.6 Å². The second-order valence-corrected chi connectivity index (χ2v) is 6.11. The van der Waals surface area contributed by atoms with E-state index in [0.29, 0.717) is 5.92 Å². The van der Waals surface area contributed by atoms with Crippen molar-refractivity contribution in [1.82, 2.24) is 5.32 Å². The number of aliphatic hydroxyl groups is 1. The molecule has 1 aromatic carbocycles. The van der Waals surface area contributed by atoms with Crippen LogP contribution in [0.3, 0.4) is 0 Å². The Bertz CT molecular complexity index is 445. The largest absolute Gasteiger partial charge is 0.396 e. The van der Waals surface area contributed by atoms with Crippen LogP contribution in [-0.2, 0) is 0 Å². The van der Waals surface area contributed by atoms with Gasteiger partial charge in [0.05, 0.1) is 0 Å². The first-order valence-electron chi connectivity index (χ1n) is 7.03. The average molecular weight is 294 g/mol. The van der Waals surface area contributed by atoms with Gasteiger partial charge in [-0.25, -0.2) is 4.79 Å². The third-order valence-electron chi connectivity index (χ3n) is 3.77. The number of nitrogens with one attached hydrogen (secondary N) is 2. The van der Waals surface area contributed by atoms with Gasteiger partial charge in [0.1, 0.15) is 0 Å². The summed E-state index contributed by atoms with van der Waals surface area (Å²) in [5, 5.41) is 15.0. The molecule has 0 radical (unpaired) electrons. The molecule has 1 fully saturated rings. The van der Waals surface area contributed by atoms with Gasteiger partial charge in [-0.3, -0.25) is 0 Å². The zero-order valence-electron chi connectivity index (χ0n) is 11.8. The molecule has 1 aliphatic carbocycles. The van der Waals surface area contributed by atoms with Crippen molar-refractivity contribution in [3.63, 3.8) is 0 Å². The van der Waals surface area contributed by atoms with E-state index in [0.717, 1.165) is 36.3 Å². The number of amides is 2. The summed E-state index contributed by atoms with van der Waals surface area (Å²) >= 11 is 1.65. The number of rotatable bonds is 4. The molecule has 4 nitrogen and oxygen atoms in total. The third-order valence-corrected chi connectivity index (χ3v) is 4.49. The van der Waals surface area contributed by atoms with Crippen LogP contribution in [0.2, 0.25) is 0 Å². The van der Waals surface area contributed by atoms with Gasteiger partial charge in [-0.15, -0.1) is 11.8 Å². The van der Waals surface area contributed by atoms with Gasteiger partial charge in [-0.1, -0.05) is 6.07 Å². The standard InChI is InChI=1S/C15H22N2O2S/c1-20-14-4-2-3-13(9-14)17-15(19)16-12-7-5-11(10-18)6-8-12/h2-4,9,11-12,18H,5-8,10H2,1H3,(H2,16,17,19). The van der Waals surface area contributed by atoms with Crippen molar-refractivity contribution in [3.8, 4) is 0 Å². The van der Waals surface area contributed by atoms with Crippen LogP contribution in [0.5, 0.6) is 0 Å². The Balaban J connectivity index is 1.80. The van der Waals surface area contributed by atoms with Crippen molar-refractivity contribution >= 4 is 23.5 Å². The molecule has 2 amide bonds. The molecule has 3 N–H and O–H groups in total. The fraction of sp³-hybridized carbons (Fsp3) is 0.533. The van der Waals surface area contributed by atoms with Crippen LogP contribution in [0, 0.1) is 5.92 Å². The predicted octanol–water partition coefficient (Wildman–Crippen LogP) is 3.08. The van der Waals surface area contributed by atoms with Crippen molar-refractivity contribution < 1.29 is 9.90 Å². The molecule has 1 aromatic rings. The van der Waals surface area contributed by atoms with Crippen molar-refractivity contribution in [1.29, 1.82) is 0 Å². The quantitative estimate of drug-likeness (QED) is 0.748. The second kappa shape index (κ2) is 7.55. The summed E-state index contributed by atoms with van der Waals surface area (Å²) in [6.07, 6.45) is 5.89. The number of carbonyl (C=O) groups excluding carboxylic acids is 1. The normalized spacial score (nSPS) is 22.3. The van der Waals surface area contributed by atoms with Gasteiger partial charge in [0.2, 0.25) is 0 Å². The van der Waals surface area contributed by atoms with E-state index in [2.05, 4.69) is 10.6 Å². The maximum Gasteiger partial charge on any atom is 0.319 e.